The van der Waals surface area contributed by atoms with E-state index < -0.39 is 6.09 Å². The molecule has 1 rings (SSSR count). The zero-order valence-corrected chi connectivity index (χ0v) is 7.21. The minimum absolute atomic E-state index is 0.218. The number of carbonyl (C=O) groups excluding carboxylic acids is 1. The molecule has 1 aromatic carbocycles. The summed E-state index contributed by atoms with van der Waals surface area (Å²) in [6.07, 6.45) is -0.678. The predicted octanol–water partition coefficient (Wildman–Crippen LogP) is 2.24. The molecular formula is C8H6ClNO3. The summed E-state index contributed by atoms with van der Waals surface area (Å²) in [4.78, 5) is 20.7. The molecule has 1 aromatic rings. The van der Waals surface area contributed by atoms with Crippen molar-refractivity contribution in [1.29, 1.82) is 0 Å². The first-order valence-corrected chi connectivity index (χ1v) is 3.76. The first-order valence-electron chi connectivity index (χ1n) is 3.38. The number of anilines is 1. The fraction of sp³-hybridized carbons (Fsp3) is 0. The fourth-order valence-corrected chi connectivity index (χ4v) is 1.04. The van der Waals surface area contributed by atoms with Crippen molar-refractivity contribution in [1.82, 2.24) is 0 Å². The van der Waals surface area contributed by atoms with Gasteiger partial charge in [0.05, 0.1) is 5.69 Å². The molecule has 0 aromatic heterocycles. The van der Waals surface area contributed by atoms with Gasteiger partial charge in [-0.05, 0) is 18.2 Å². The number of rotatable bonds is 2. The maximum Gasteiger partial charge on any atom is 0.409 e. The van der Waals surface area contributed by atoms with Crippen LogP contribution in [-0.4, -0.2) is 17.5 Å². The van der Waals surface area contributed by atoms with Crippen LogP contribution in [0.1, 0.15) is 10.4 Å². The Kier molecular flexibility index (Phi) is 2.87. The summed E-state index contributed by atoms with van der Waals surface area (Å²) < 4.78 is 0. The summed E-state index contributed by atoms with van der Waals surface area (Å²) in [5.41, 5.74) is 0.446. The Morgan fingerprint density at radius 2 is 2.23 bits per heavy atom. The van der Waals surface area contributed by atoms with E-state index in [0.717, 1.165) is 0 Å². The Morgan fingerprint density at radius 1 is 1.54 bits per heavy atom. The highest BCUT2D eigenvalue weighted by molar-refractivity contribution is 6.31. The normalized spacial score (nSPS) is 9.31. The molecule has 13 heavy (non-hydrogen) atoms. The van der Waals surface area contributed by atoms with Gasteiger partial charge in [-0.3, -0.25) is 10.1 Å². The number of nitrogens with one attached hydrogen (secondary N) is 1. The quantitative estimate of drug-likeness (QED) is 0.718. The molecule has 2 N–H and O–H groups in total. The first-order chi connectivity index (χ1) is 6.13. The maximum atomic E-state index is 10.5. The monoisotopic (exact) mass is 199 g/mol. The molecule has 0 saturated heterocycles. The van der Waals surface area contributed by atoms with Crippen molar-refractivity contribution < 1.29 is 14.7 Å². The van der Waals surface area contributed by atoms with Gasteiger partial charge in [0.2, 0.25) is 0 Å². The number of carboxylic acid groups (broad SMARTS) is 1. The van der Waals surface area contributed by atoms with Crippen LogP contribution in [0.25, 0.3) is 0 Å². The molecule has 4 nitrogen and oxygen atoms in total. The Morgan fingerprint density at radius 3 is 2.77 bits per heavy atom. The van der Waals surface area contributed by atoms with Gasteiger partial charge in [0.15, 0.2) is 6.29 Å². The lowest BCUT2D eigenvalue weighted by atomic mass is 10.2. The lowest BCUT2D eigenvalue weighted by molar-refractivity contribution is 0.112. The fourth-order valence-electron chi connectivity index (χ4n) is 0.860. The van der Waals surface area contributed by atoms with E-state index in [4.69, 9.17) is 16.7 Å². The molecule has 0 heterocycles. The van der Waals surface area contributed by atoms with Crippen molar-refractivity contribution in [2.24, 2.45) is 0 Å². The van der Waals surface area contributed by atoms with Crippen molar-refractivity contribution in [3.8, 4) is 0 Å². The highest BCUT2D eigenvalue weighted by Crippen LogP contribution is 2.18. The first kappa shape index (κ1) is 9.54. The summed E-state index contributed by atoms with van der Waals surface area (Å²) in [6, 6.07) is 4.32. The van der Waals surface area contributed by atoms with Crippen molar-refractivity contribution in [2.75, 3.05) is 5.32 Å². The van der Waals surface area contributed by atoms with E-state index in [-0.39, 0.29) is 11.3 Å². The van der Waals surface area contributed by atoms with Crippen LogP contribution in [0.15, 0.2) is 18.2 Å². The van der Waals surface area contributed by atoms with E-state index in [2.05, 4.69) is 5.32 Å². The van der Waals surface area contributed by atoms with Gasteiger partial charge in [-0.2, -0.15) is 0 Å². The van der Waals surface area contributed by atoms with Crippen LogP contribution < -0.4 is 5.32 Å². The molecule has 0 bridgehead atoms. The van der Waals surface area contributed by atoms with Gasteiger partial charge in [-0.1, -0.05) is 11.6 Å². The SMILES string of the molecule is O=Cc1cc(Cl)ccc1NC(=O)O. The van der Waals surface area contributed by atoms with E-state index in [1.54, 1.807) is 0 Å². The van der Waals surface area contributed by atoms with E-state index in [1.807, 2.05) is 0 Å². The number of hydrogen-bond acceptors (Lipinski definition) is 2. The molecule has 0 aliphatic heterocycles. The highest BCUT2D eigenvalue weighted by atomic mass is 35.5. The summed E-state index contributed by atoms with van der Waals surface area (Å²) in [7, 11) is 0. The molecule has 0 aliphatic carbocycles. The highest BCUT2D eigenvalue weighted by Gasteiger charge is 2.04. The van der Waals surface area contributed by atoms with Gasteiger partial charge in [-0.15, -0.1) is 0 Å². The lowest BCUT2D eigenvalue weighted by Gasteiger charge is -2.03. The van der Waals surface area contributed by atoms with Gasteiger partial charge in [-0.25, -0.2) is 4.79 Å². The largest absolute Gasteiger partial charge is 0.465 e. The lowest BCUT2D eigenvalue weighted by Crippen LogP contribution is -2.08. The van der Waals surface area contributed by atoms with Crippen molar-refractivity contribution in [3.63, 3.8) is 0 Å². The molecule has 0 fully saturated rings. The Labute approximate surface area is 79.1 Å². The number of aldehydes is 1. The van der Waals surface area contributed by atoms with Gasteiger partial charge in [0.25, 0.3) is 0 Å². The number of carbonyl (C=O) groups is 2. The van der Waals surface area contributed by atoms with Crippen LogP contribution in [-0.2, 0) is 0 Å². The smallest absolute Gasteiger partial charge is 0.409 e. The number of amides is 1. The summed E-state index contributed by atoms with van der Waals surface area (Å²) >= 11 is 5.60. The molecule has 68 valence electrons. The second kappa shape index (κ2) is 3.91. The topological polar surface area (TPSA) is 66.4 Å². The third kappa shape index (κ3) is 2.45. The second-order valence-corrected chi connectivity index (χ2v) is 2.72. The average Bonchev–Trinajstić information content (AvgIpc) is 2.07. The molecule has 5 heteroatoms. The van der Waals surface area contributed by atoms with Gasteiger partial charge in [0, 0.05) is 10.6 Å². The molecule has 0 atom stereocenters. The molecule has 0 aliphatic rings. The standard InChI is InChI=1S/C8H6ClNO3/c9-6-1-2-7(10-8(12)13)5(3-6)4-11/h1-4,10H,(H,12,13). The van der Waals surface area contributed by atoms with E-state index in [0.29, 0.717) is 11.3 Å². The number of benzene rings is 1. The van der Waals surface area contributed by atoms with Gasteiger partial charge >= 0.3 is 6.09 Å². The third-order valence-electron chi connectivity index (χ3n) is 1.38. The van der Waals surface area contributed by atoms with Gasteiger partial charge in [0.1, 0.15) is 0 Å². The molecule has 0 spiro atoms. The molecule has 0 radical (unpaired) electrons. The summed E-state index contributed by atoms with van der Waals surface area (Å²) in [5, 5.41) is 10.9. The molecular weight excluding hydrogens is 194 g/mol. The zero-order chi connectivity index (χ0) is 9.84. The van der Waals surface area contributed by atoms with Gasteiger partial charge < -0.3 is 5.11 Å². The van der Waals surface area contributed by atoms with Crippen LogP contribution in [0.5, 0.6) is 0 Å². The summed E-state index contributed by atoms with van der Waals surface area (Å²) in [6.45, 7) is 0. The van der Waals surface area contributed by atoms with E-state index in [9.17, 15) is 9.59 Å². The van der Waals surface area contributed by atoms with E-state index in [1.165, 1.54) is 18.2 Å². The van der Waals surface area contributed by atoms with Crippen molar-refractivity contribution >= 4 is 29.7 Å². The summed E-state index contributed by atoms with van der Waals surface area (Å²) in [5.74, 6) is 0. The van der Waals surface area contributed by atoms with Crippen LogP contribution in [0.3, 0.4) is 0 Å². The molecule has 1 amide bonds. The second-order valence-electron chi connectivity index (χ2n) is 2.28. The predicted molar refractivity (Wildman–Crippen MR) is 48.5 cm³/mol. The minimum atomic E-state index is -1.22. The maximum absolute atomic E-state index is 10.5. The molecule has 0 saturated carbocycles. The van der Waals surface area contributed by atoms with E-state index >= 15 is 0 Å². The number of halogens is 1. The zero-order valence-electron chi connectivity index (χ0n) is 6.45. The Hall–Kier alpha value is -1.55. The Bertz CT molecular complexity index is 351. The van der Waals surface area contributed by atoms with Crippen LogP contribution >= 0.6 is 11.6 Å². The van der Waals surface area contributed by atoms with Crippen LogP contribution in [0.2, 0.25) is 5.02 Å². The molecule has 0 unspecified atom stereocenters. The van der Waals surface area contributed by atoms with Crippen molar-refractivity contribution in [2.45, 2.75) is 0 Å². The minimum Gasteiger partial charge on any atom is -0.465 e. The average molecular weight is 200 g/mol. The third-order valence-corrected chi connectivity index (χ3v) is 1.62. The van der Waals surface area contributed by atoms with Crippen LogP contribution in [0.4, 0.5) is 10.5 Å². The Balaban J connectivity index is 3.05. The van der Waals surface area contributed by atoms with Crippen LogP contribution in [0, 0.1) is 0 Å². The van der Waals surface area contributed by atoms with Crippen molar-refractivity contribution in [3.05, 3.63) is 28.8 Å². The number of hydrogen-bond donors (Lipinski definition) is 2.